The summed E-state index contributed by atoms with van der Waals surface area (Å²) >= 11 is 0. The Morgan fingerprint density at radius 1 is 1.35 bits per heavy atom. The monoisotopic (exact) mass is 332 g/mol. The average molecular weight is 332 g/mol. The number of nitrogens with one attached hydrogen (secondary N) is 1. The van der Waals surface area contributed by atoms with Crippen molar-refractivity contribution >= 4 is 21.8 Å². The first-order valence-electron chi connectivity index (χ1n) is 7.54. The second-order valence-corrected chi connectivity index (χ2v) is 8.29. The summed E-state index contributed by atoms with van der Waals surface area (Å²) in [5, 5.41) is 11.8. The van der Waals surface area contributed by atoms with Crippen LogP contribution in [0.15, 0.2) is 29.8 Å². The van der Waals surface area contributed by atoms with Crippen molar-refractivity contribution in [2.75, 3.05) is 11.5 Å². The minimum Gasteiger partial charge on any atom is -0.348 e. The molecule has 1 saturated heterocycles. The van der Waals surface area contributed by atoms with Crippen LogP contribution in [0.4, 0.5) is 0 Å². The molecule has 1 aliphatic heterocycles. The maximum Gasteiger partial charge on any atom is 0.262 e. The van der Waals surface area contributed by atoms with Crippen molar-refractivity contribution in [1.82, 2.24) is 5.32 Å². The normalized spacial score (nSPS) is 20.3. The number of rotatable bonds is 4. The lowest BCUT2D eigenvalue weighted by Crippen LogP contribution is -2.36. The zero-order chi connectivity index (χ0) is 17.0. The van der Waals surface area contributed by atoms with Gasteiger partial charge in [0.2, 0.25) is 0 Å². The highest BCUT2D eigenvalue weighted by atomic mass is 32.2. The predicted molar refractivity (Wildman–Crippen MR) is 89.3 cm³/mol. The van der Waals surface area contributed by atoms with Crippen molar-refractivity contribution in [2.45, 2.75) is 32.2 Å². The van der Waals surface area contributed by atoms with Gasteiger partial charge in [0.15, 0.2) is 9.84 Å². The van der Waals surface area contributed by atoms with Crippen LogP contribution in [-0.4, -0.2) is 31.9 Å². The van der Waals surface area contributed by atoms with Crippen molar-refractivity contribution < 1.29 is 13.2 Å². The summed E-state index contributed by atoms with van der Waals surface area (Å²) in [6, 6.07) is 9.12. The zero-order valence-corrected chi connectivity index (χ0v) is 14.1. The number of hydrogen-bond donors (Lipinski definition) is 1. The Kier molecular flexibility index (Phi) is 5.22. The second-order valence-electron chi connectivity index (χ2n) is 6.06. The topological polar surface area (TPSA) is 87.0 Å². The Morgan fingerprint density at radius 2 is 2.00 bits per heavy atom. The van der Waals surface area contributed by atoms with E-state index in [2.05, 4.69) is 19.2 Å². The minimum absolute atomic E-state index is 0.0217. The lowest BCUT2D eigenvalue weighted by molar-refractivity contribution is -0.117. The molecule has 1 aromatic carbocycles. The molecule has 1 aliphatic rings. The smallest absolute Gasteiger partial charge is 0.262 e. The molecule has 0 saturated carbocycles. The third kappa shape index (κ3) is 4.67. The lowest BCUT2D eigenvalue weighted by atomic mass is 10.0. The average Bonchev–Trinajstić information content (AvgIpc) is 2.83. The van der Waals surface area contributed by atoms with Gasteiger partial charge in [-0.05, 0) is 29.5 Å². The molecule has 23 heavy (non-hydrogen) atoms. The van der Waals surface area contributed by atoms with Gasteiger partial charge < -0.3 is 5.32 Å². The van der Waals surface area contributed by atoms with Crippen molar-refractivity contribution in [2.24, 2.45) is 0 Å². The SMILES string of the molecule is CC(C)c1ccc(/C=C(\C#N)C(=O)NC2CCS(=O)(=O)C2)cc1. The van der Waals surface area contributed by atoms with Crippen LogP contribution >= 0.6 is 0 Å². The van der Waals surface area contributed by atoms with E-state index in [0.29, 0.717) is 12.3 Å². The molecule has 0 bridgehead atoms. The van der Waals surface area contributed by atoms with Gasteiger partial charge in [-0.2, -0.15) is 5.26 Å². The third-order valence-corrected chi connectivity index (χ3v) is 5.61. The summed E-state index contributed by atoms with van der Waals surface area (Å²) in [4.78, 5) is 12.1. The van der Waals surface area contributed by atoms with Crippen LogP contribution in [-0.2, 0) is 14.6 Å². The van der Waals surface area contributed by atoms with Crippen LogP contribution in [0.1, 0.15) is 37.3 Å². The van der Waals surface area contributed by atoms with E-state index in [1.54, 1.807) is 0 Å². The molecule has 0 radical (unpaired) electrons. The van der Waals surface area contributed by atoms with Crippen molar-refractivity contribution in [3.63, 3.8) is 0 Å². The summed E-state index contributed by atoms with van der Waals surface area (Å²) in [5.41, 5.74) is 1.92. The van der Waals surface area contributed by atoms with Crippen molar-refractivity contribution in [3.05, 3.63) is 41.0 Å². The van der Waals surface area contributed by atoms with Gasteiger partial charge in [-0.15, -0.1) is 0 Å². The maximum atomic E-state index is 12.1. The van der Waals surface area contributed by atoms with Crippen molar-refractivity contribution in [3.8, 4) is 6.07 Å². The molecule has 1 amide bonds. The molecule has 1 unspecified atom stereocenters. The van der Waals surface area contributed by atoms with Crippen LogP contribution < -0.4 is 5.32 Å². The van der Waals surface area contributed by atoms with Crippen molar-refractivity contribution in [1.29, 1.82) is 5.26 Å². The number of carbonyl (C=O) groups excluding carboxylic acids is 1. The number of nitriles is 1. The van der Waals surface area contributed by atoms with E-state index in [4.69, 9.17) is 0 Å². The molecule has 1 heterocycles. The molecule has 0 spiro atoms. The predicted octanol–water partition coefficient (Wildman–Crippen LogP) is 2.02. The van der Waals surface area contributed by atoms with E-state index in [1.807, 2.05) is 30.3 Å². The molecule has 1 atom stereocenters. The van der Waals surface area contributed by atoms with Crippen LogP contribution in [0.25, 0.3) is 6.08 Å². The summed E-state index contributed by atoms with van der Waals surface area (Å²) in [6.07, 6.45) is 1.92. The molecule has 0 aliphatic carbocycles. The Labute approximate surface area is 136 Å². The summed E-state index contributed by atoms with van der Waals surface area (Å²) in [6.45, 7) is 4.18. The summed E-state index contributed by atoms with van der Waals surface area (Å²) < 4.78 is 22.8. The third-order valence-electron chi connectivity index (χ3n) is 3.85. The zero-order valence-electron chi connectivity index (χ0n) is 13.2. The first-order valence-corrected chi connectivity index (χ1v) is 9.36. The van der Waals surface area contributed by atoms with Crippen LogP contribution in [0.2, 0.25) is 0 Å². The first kappa shape index (κ1) is 17.2. The molecular formula is C17H20N2O3S. The number of nitrogens with zero attached hydrogens (tertiary/aromatic N) is 1. The molecule has 1 aromatic rings. The number of benzene rings is 1. The molecule has 5 nitrogen and oxygen atoms in total. The number of sulfone groups is 1. The quantitative estimate of drug-likeness (QED) is 0.675. The highest BCUT2D eigenvalue weighted by Crippen LogP contribution is 2.17. The summed E-state index contributed by atoms with van der Waals surface area (Å²) in [5.74, 6) is -0.0839. The molecule has 1 fully saturated rings. The van der Waals surface area contributed by atoms with E-state index in [1.165, 1.54) is 11.6 Å². The van der Waals surface area contributed by atoms with Gasteiger partial charge >= 0.3 is 0 Å². The van der Waals surface area contributed by atoms with Crippen LogP contribution in [0.3, 0.4) is 0 Å². The van der Waals surface area contributed by atoms with E-state index in [0.717, 1.165) is 5.56 Å². The minimum atomic E-state index is -3.06. The highest BCUT2D eigenvalue weighted by Gasteiger charge is 2.29. The first-order chi connectivity index (χ1) is 10.8. The largest absolute Gasteiger partial charge is 0.348 e. The van der Waals surface area contributed by atoms with Crippen LogP contribution in [0, 0.1) is 11.3 Å². The fraction of sp³-hybridized carbons (Fsp3) is 0.412. The van der Waals surface area contributed by atoms with Gasteiger partial charge in [0, 0.05) is 6.04 Å². The molecule has 2 rings (SSSR count). The molecule has 1 N–H and O–H groups in total. The fourth-order valence-corrected chi connectivity index (χ4v) is 4.14. The van der Waals surface area contributed by atoms with E-state index >= 15 is 0 Å². The number of amides is 1. The maximum absolute atomic E-state index is 12.1. The van der Waals surface area contributed by atoms with Gasteiger partial charge in [-0.25, -0.2) is 8.42 Å². The Hall–Kier alpha value is -2.13. The fourth-order valence-electron chi connectivity index (χ4n) is 2.46. The van der Waals surface area contributed by atoms with Gasteiger partial charge in [-0.1, -0.05) is 38.1 Å². The molecular weight excluding hydrogens is 312 g/mol. The Morgan fingerprint density at radius 3 is 2.48 bits per heavy atom. The van der Waals surface area contributed by atoms with Gasteiger partial charge in [0.05, 0.1) is 11.5 Å². The standard InChI is InChI=1S/C17H20N2O3S/c1-12(2)14-5-3-13(4-6-14)9-15(10-18)17(20)19-16-7-8-23(21,22)11-16/h3-6,9,12,16H,7-8,11H2,1-2H3,(H,19,20)/b15-9+. The second kappa shape index (κ2) is 6.97. The Bertz CT molecular complexity index is 756. The van der Waals surface area contributed by atoms with E-state index < -0.39 is 21.8 Å². The Balaban J connectivity index is 2.09. The highest BCUT2D eigenvalue weighted by molar-refractivity contribution is 7.91. The molecule has 6 heteroatoms. The van der Waals surface area contributed by atoms with E-state index in [9.17, 15) is 18.5 Å². The molecule has 122 valence electrons. The van der Waals surface area contributed by atoms with E-state index in [-0.39, 0.29) is 17.1 Å². The van der Waals surface area contributed by atoms with Gasteiger partial charge in [-0.3, -0.25) is 4.79 Å². The number of carbonyl (C=O) groups is 1. The molecule has 0 aromatic heterocycles. The van der Waals surface area contributed by atoms with Gasteiger partial charge in [0.25, 0.3) is 5.91 Å². The lowest BCUT2D eigenvalue weighted by Gasteiger charge is -2.10. The van der Waals surface area contributed by atoms with Gasteiger partial charge in [0.1, 0.15) is 11.6 Å². The van der Waals surface area contributed by atoms with Crippen LogP contribution in [0.5, 0.6) is 0 Å². The number of hydrogen-bond acceptors (Lipinski definition) is 4. The summed E-state index contributed by atoms with van der Waals surface area (Å²) in [7, 11) is -3.06.